The standard InChI is InChI=1S/C19H26BF2NO5/c1-12(2)6-5-9-27-18(25)14-8-4-7-13-10-15(20(26)28-17(13)14)23-16(24)11-19(3,21)22/h4,7-8,12,15,26H,5-6,9-11H2,1-3H3,(H,23,24)/t15-/m0/s1. The molecule has 6 nitrogen and oxygen atoms in total. The molecule has 0 saturated heterocycles. The van der Waals surface area contributed by atoms with Gasteiger partial charge in [0.05, 0.1) is 19.0 Å². The maximum atomic E-state index is 13.0. The third-order valence-corrected chi connectivity index (χ3v) is 4.32. The number of esters is 1. The third kappa shape index (κ3) is 6.47. The zero-order valence-electron chi connectivity index (χ0n) is 16.3. The highest BCUT2D eigenvalue weighted by Gasteiger charge is 2.39. The minimum atomic E-state index is -3.14. The van der Waals surface area contributed by atoms with Gasteiger partial charge in [-0.15, -0.1) is 0 Å². The van der Waals surface area contributed by atoms with Crippen LogP contribution in [0, 0.1) is 5.92 Å². The lowest BCUT2D eigenvalue weighted by Gasteiger charge is -2.29. The number of halogens is 2. The number of carbonyl (C=O) groups excluding carboxylic acids is 2. The van der Waals surface area contributed by atoms with Gasteiger partial charge in [0.15, 0.2) is 0 Å². The van der Waals surface area contributed by atoms with Crippen molar-refractivity contribution in [1.82, 2.24) is 5.32 Å². The van der Waals surface area contributed by atoms with Gasteiger partial charge in [-0.1, -0.05) is 26.0 Å². The Bertz CT molecular complexity index is 708. The molecular formula is C19H26BF2NO5. The van der Waals surface area contributed by atoms with E-state index < -0.39 is 37.3 Å². The second-order valence-corrected chi connectivity index (χ2v) is 7.60. The van der Waals surface area contributed by atoms with Crippen molar-refractivity contribution < 1.29 is 32.8 Å². The fourth-order valence-corrected chi connectivity index (χ4v) is 2.98. The fourth-order valence-electron chi connectivity index (χ4n) is 2.98. The summed E-state index contributed by atoms with van der Waals surface area (Å²) in [4.78, 5) is 24.1. The van der Waals surface area contributed by atoms with Gasteiger partial charge in [-0.25, -0.2) is 13.6 Å². The van der Waals surface area contributed by atoms with E-state index in [1.165, 1.54) is 6.07 Å². The first kappa shape index (κ1) is 22.1. The van der Waals surface area contributed by atoms with E-state index in [1.807, 2.05) is 0 Å². The van der Waals surface area contributed by atoms with Crippen LogP contribution >= 0.6 is 0 Å². The lowest BCUT2D eigenvalue weighted by atomic mass is 9.72. The predicted molar refractivity (Wildman–Crippen MR) is 100 cm³/mol. The van der Waals surface area contributed by atoms with Crippen molar-refractivity contribution in [3.63, 3.8) is 0 Å². The summed E-state index contributed by atoms with van der Waals surface area (Å²) < 4.78 is 36.6. The van der Waals surface area contributed by atoms with Crippen LogP contribution < -0.4 is 9.97 Å². The molecular weight excluding hydrogens is 371 g/mol. The van der Waals surface area contributed by atoms with E-state index in [4.69, 9.17) is 9.39 Å². The second kappa shape index (κ2) is 9.36. The molecule has 1 amide bonds. The summed E-state index contributed by atoms with van der Waals surface area (Å²) in [5.74, 6) is -4.77. The number of nitrogens with one attached hydrogen (secondary N) is 1. The van der Waals surface area contributed by atoms with Gasteiger partial charge >= 0.3 is 13.1 Å². The predicted octanol–water partition coefficient (Wildman–Crippen LogP) is 2.76. The van der Waals surface area contributed by atoms with Crippen LogP contribution in [0.3, 0.4) is 0 Å². The number of fused-ring (bicyclic) bond motifs is 1. The van der Waals surface area contributed by atoms with E-state index in [9.17, 15) is 23.4 Å². The smallest absolute Gasteiger partial charge is 0.534 e. The molecule has 0 bridgehead atoms. The van der Waals surface area contributed by atoms with E-state index >= 15 is 0 Å². The number of hydrogen-bond donors (Lipinski definition) is 2. The number of para-hydroxylation sites is 1. The molecule has 0 fully saturated rings. The number of amides is 1. The molecule has 0 radical (unpaired) electrons. The first-order valence-corrected chi connectivity index (χ1v) is 9.37. The van der Waals surface area contributed by atoms with Crippen LogP contribution in [-0.4, -0.2) is 42.5 Å². The monoisotopic (exact) mass is 397 g/mol. The molecule has 2 N–H and O–H groups in total. The van der Waals surface area contributed by atoms with Gasteiger partial charge in [0, 0.05) is 0 Å². The van der Waals surface area contributed by atoms with Crippen LogP contribution in [0.4, 0.5) is 8.78 Å². The Morgan fingerprint density at radius 2 is 2.14 bits per heavy atom. The first-order chi connectivity index (χ1) is 13.1. The third-order valence-electron chi connectivity index (χ3n) is 4.32. The summed E-state index contributed by atoms with van der Waals surface area (Å²) in [6.45, 7) is 5.10. The quantitative estimate of drug-likeness (QED) is 0.400. The Morgan fingerprint density at radius 1 is 1.43 bits per heavy atom. The average molecular weight is 397 g/mol. The minimum Gasteiger partial charge on any atom is -0.534 e. The molecule has 1 atom stereocenters. The van der Waals surface area contributed by atoms with Crippen molar-refractivity contribution in [2.24, 2.45) is 5.92 Å². The highest BCUT2D eigenvalue weighted by Crippen LogP contribution is 2.31. The van der Waals surface area contributed by atoms with E-state index in [2.05, 4.69) is 19.2 Å². The van der Waals surface area contributed by atoms with Crippen LogP contribution in [0.5, 0.6) is 5.75 Å². The topological polar surface area (TPSA) is 84.9 Å². The number of carbonyl (C=O) groups is 2. The molecule has 0 spiro atoms. The summed E-state index contributed by atoms with van der Waals surface area (Å²) in [5.41, 5.74) is 0.765. The van der Waals surface area contributed by atoms with Gasteiger partial charge in [-0.2, -0.15) is 0 Å². The lowest BCUT2D eigenvalue weighted by molar-refractivity contribution is -0.127. The SMILES string of the molecule is CC(C)CCCOC(=O)c1cccc2c1OB(O)[C@@H](NC(=O)CC(C)(F)F)C2. The maximum absolute atomic E-state index is 13.0. The molecule has 154 valence electrons. The highest BCUT2D eigenvalue weighted by atomic mass is 19.3. The van der Waals surface area contributed by atoms with E-state index in [-0.39, 0.29) is 24.3 Å². The Morgan fingerprint density at radius 3 is 2.79 bits per heavy atom. The van der Waals surface area contributed by atoms with Gasteiger partial charge in [0.1, 0.15) is 11.3 Å². The van der Waals surface area contributed by atoms with E-state index in [0.29, 0.717) is 18.4 Å². The molecule has 0 saturated carbocycles. The van der Waals surface area contributed by atoms with Crippen molar-refractivity contribution >= 4 is 19.0 Å². The van der Waals surface area contributed by atoms with E-state index in [0.717, 1.165) is 12.8 Å². The summed E-state index contributed by atoms with van der Waals surface area (Å²) in [6, 6.07) is 4.86. The molecule has 1 aliphatic heterocycles. The number of alkyl halides is 2. The van der Waals surface area contributed by atoms with Crippen molar-refractivity contribution in [2.75, 3.05) is 6.61 Å². The summed E-state index contributed by atoms with van der Waals surface area (Å²) in [5, 5.41) is 12.5. The van der Waals surface area contributed by atoms with Crippen molar-refractivity contribution in [3.8, 4) is 5.75 Å². The van der Waals surface area contributed by atoms with Crippen LogP contribution in [-0.2, 0) is 16.0 Å². The first-order valence-electron chi connectivity index (χ1n) is 9.37. The Kier molecular flexibility index (Phi) is 7.40. The maximum Gasteiger partial charge on any atom is 0.547 e. The lowest BCUT2D eigenvalue weighted by Crippen LogP contribution is -2.53. The van der Waals surface area contributed by atoms with Crippen LogP contribution in [0.15, 0.2) is 18.2 Å². The summed E-state index contributed by atoms with van der Waals surface area (Å²) in [6.07, 6.45) is 0.851. The van der Waals surface area contributed by atoms with Gasteiger partial charge in [-0.3, -0.25) is 4.79 Å². The normalized spacial score (nSPS) is 16.4. The molecule has 1 aromatic carbocycles. The largest absolute Gasteiger partial charge is 0.547 e. The number of rotatable bonds is 8. The molecule has 9 heteroatoms. The van der Waals surface area contributed by atoms with Crippen LogP contribution in [0.1, 0.15) is 56.0 Å². The van der Waals surface area contributed by atoms with Gasteiger partial charge in [-0.05, 0) is 43.7 Å². The Labute approximate surface area is 163 Å². The zero-order chi connectivity index (χ0) is 20.9. The molecule has 1 aliphatic rings. The van der Waals surface area contributed by atoms with Gasteiger partial charge in [0.2, 0.25) is 5.91 Å². The molecule has 0 aromatic heterocycles. The van der Waals surface area contributed by atoms with Crippen molar-refractivity contribution in [2.45, 2.75) is 58.3 Å². The van der Waals surface area contributed by atoms with E-state index in [1.54, 1.807) is 12.1 Å². The highest BCUT2D eigenvalue weighted by molar-refractivity contribution is 6.47. The van der Waals surface area contributed by atoms with Crippen molar-refractivity contribution in [3.05, 3.63) is 29.3 Å². The Balaban J connectivity index is 2.03. The number of benzene rings is 1. The molecule has 28 heavy (non-hydrogen) atoms. The molecule has 2 rings (SSSR count). The second-order valence-electron chi connectivity index (χ2n) is 7.60. The molecule has 0 aliphatic carbocycles. The van der Waals surface area contributed by atoms with Crippen LogP contribution in [0.25, 0.3) is 0 Å². The minimum absolute atomic E-state index is 0.145. The number of ether oxygens (including phenoxy) is 1. The zero-order valence-corrected chi connectivity index (χ0v) is 16.3. The molecule has 1 aromatic rings. The fraction of sp³-hybridized carbons (Fsp3) is 0.579. The molecule has 0 unspecified atom stereocenters. The average Bonchev–Trinajstić information content (AvgIpc) is 2.57. The number of hydrogen-bond acceptors (Lipinski definition) is 5. The van der Waals surface area contributed by atoms with Crippen LogP contribution in [0.2, 0.25) is 0 Å². The molecule has 1 heterocycles. The Hall–Kier alpha value is -2.16. The van der Waals surface area contributed by atoms with Crippen molar-refractivity contribution in [1.29, 1.82) is 0 Å². The summed E-state index contributed by atoms with van der Waals surface area (Å²) >= 11 is 0. The van der Waals surface area contributed by atoms with Gasteiger partial charge in [0.25, 0.3) is 5.92 Å². The van der Waals surface area contributed by atoms with Gasteiger partial charge < -0.3 is 19.7 Å². The summed E-state index contributed by atoms with van der Waals surface area (Å²) in [7, 11) is -1.46.